The molecule has 146 valence electrons. The summed E-state index contributed by atoms with van der Waals surface area (Å²) in [5.41, 5.74) is 1.34. The minimum atomic E-state index is -3.62. The second-order valence-corrected chi connectivity index (χ2v) is 8.10. The summed E-state index contributed by atoms with van der Waals surface area (Å²) in [5.74, 6) is -0.270. The zero-order chi connectivity index (χ0) is 19.9. The van der Waals surface area contributed by atoms with Crippen molar-refractivity contribution in [1.82, 2.24) is 10.0 Å². The zero-order valence-corrected chi connectivity index (χ0v) is 16.8. The van der Waals surface area contributed by atoms with Crippen molar-refractivity contribution in [2.45, 2.75) is 24.3 Å². The van der Waals surface area contributed by atoms with Crippen LogP contribution in [0.4, 0.5) is 0 Å². The van der Waals surface area contributed by atoms with Gasteiger partial charge in [0.1, 0.15) is 0 Å². The topological polar surface area (TPSA) is 84.5 Å². The van der Waals surface area contributed by atoms with Gasteiger partial charge in [0.25, 0.3) is 5.91 Å². The highest BCUT2D eigenvalue weighted by atomic mass is 35.5. The van der Waals surface area contributed by atoms with Crippen LogP contribution in [0.1, 0.15) is 35.3 Å². The van der Waals surface area contributed by atoms with Crippen LogP contribution < -0.4 is 10.0 Å². The summed E-state index contributed by atoms with van der Waals surface area (Å²) in [6, 6.07) is 13.0. The highest BCUT2D eigenvalue weighted by Gasteiger charge is 2.17. The van der Waals surface area contributed by atoms with Crippen molar-refractivity contribution in [2.75, 3.05) is 20.3 Å². The van der Waals surface area contributed by atoms with E-state index in [1.54, 1.807) is 12.1 Å². The van der Waals surface area contributed by atoms with E-state index in [9.17, 15) is 13.2 Å². The molecule has 0 aliphatic rings. The Morgan fingerprint density at radius 2 is 1.74 bits per heavy atom. The molecule has 1 unspecified atom stereocenters. The molecule has 27 heavy (non-hydrogen) atoms. The number of rotatable bonds is 9. The number of carbonyl (C=O) groups is 1. The van der Waals surface area contributed by atoms with Gasteiger partial charge in [-0.05, 0) is 48.4 Å². The lowest BCUT2D eigenvalue weighted by Crippen LogP contribution is -2.29. The smallest absolute Gasteiger partial charge is 0.251 e. The van der Waals surface area contributed by atoms with Crippen LogP contribution in [0.15, 0.2) is 53.4 Å². The molecule has 2 N–H and O–H groups in total. The van der Waals surface area contributed by atoms with Gasteiger partial charge in [0, 0.05) is 24.2 Å². The summed E-state index contributed by atoms with van der Waals surface area (Å²) in [5, 5.41) is 3.59. The maximum absolute atomic E-state index is 12.5. The number of ether oxygens (including phenoxy) is 1. The van der Waals surface area contributed by atoms with Crippen LogP contribution in [-0.4, -0.2) is 34.6 Å². The van der Waals surface area contributed by atoms with Gasteiger partial charge >= 0.3 is 0 Å². The van der Waals surface area contributed by atoms with Crippen molar-refractivity contribution in [3.05, 3.63) is 64.7 Å². The number of benzene rings is 2. The van der Waals surface area contributed by atoms with E-state index in [-0.39, 0.29) is 30.0 Å². The van der Waals surface area contributed by atoms with Gasteiger partial charge in [-0.2, -0.15) is 0 Å². The lowest BCUT2D eigenvalue weighted by atomic mass is 10.0. The van der Waals surface area contributed by atoms with E-state index in [4.69, 9.17) is 16.3 Å². The Morgan fingerprint density at radius 3 is 2.30 bits per heavy atom. The number of hydrogen-bond acceptors (Lipinski definition) is 4. The summed E-state index contributed by atoms with van der Waals surface area (Å²) in [6.45, 7) is 2.43. The maximum atomic E-state index is 12.5. The van der Waals surface area contributed by atoms with E-state index in [0.717, 1.165) is 5.56 Å². The normalized spacial score (nSPS) is 12.6. The largest absolute Gasteiger partial charge is 0.383 e. The number of carbonyl (C=O) groups excluding carboxylic acids is 1. The van der Waals surface area contributed by atoms with Gasteiger partial charge in [0.15, 0.2) is 0 Å². The van der Waals surface area contributed by atoms with E-state index in [1.165, 1.54) is 31.4 Å². The van der Waals surface area contributed by atoms with Crippen molar-refractivity contribution < 1.29 is 17.9 Å². The van der Waals surface area contributed by atoms with E-state index < -0.39 is 10.0 Å². The zero-order valence-electron chi connectivity index (χ0n) is 15.2. The third-order valence-electron chi connectivity index (χ3n) is 4.01. The number of methoxy groups -OCH3 is 1. The van der Waals surface area contributed by atoms with Crippen LogP contribution in [0.5, 0.6) is 0 Å². The van der Waals surface area contributed by atoms with E-state index >= 15 is 0 Å². The highest BCUT2D eigenvalue weighted by Crippen LogP contribution is 2.20. The Bertz CT molecular complexity index is 852. The molecule has 0 aliphatic heterocycles. The van der Waals surface area contributed by atoms with E-state index in [2.05, 4.69) is 10.0 Å². The van der Waals surface area contributed by atoms with E-state index in [1.807, 2.05) is 19.1 Å². The molecule has 0 saturated carbocycles. The summed E-state index contributed by atoms with van der Waals surface area (Å²) < 4.78 is 31.5. The predicted molar refractivity (Wildman–Crippen MR) is 105 cm³/mol. The fourth-order valence-electron chi connectivity index (χ4n) is 2.50. The van der Waals surface area contributed by atoms with Crippen LogP contribution in [-0.2, 0) is 14.8 Å². The van der Waals surface area contributed by atoms with Gasteiger partial charge in [-0.3, -0.25) is 4.79 Å². The Labute approximate surface area is 164 Å². The van der Waals surface area contributed by atoms with Crippen LogP contribution in [0.25, 0.3) is 0 Å². The minimum Gasteiger partial charge on any atom is -0.383 e. The van der Waals surface area contributed by atoms with Gasteiger partial charge in [0.2, 0.25) is 10.0 Å². The Hall–Kier alpha value is -1.93. The molecule has 2 rings (SSSR count). The first-order chi connectivity index (χ1) is 12.9. The van der Waals surface area contributed by atoms with Crippen molar-refractivity contribution in [1.29, 1.82) is 0 Å². The molecule has 1 atom stereocenters. The molecule has 0 aliphatic carbocycles. The third-order valence-corrected chi connectivity index (χ3v) is 5.74. The average Bonchev–Trinajstić information content (AvgIpc) is 2.67. The second kappa shape index (κ2) is 9.85. The number of hydrogen-bond donors (Lipinski definition) is 2. The molecule has 0 saturated heterocycles. The summed E-state index contributed by atoms with van der Waals surface area (Å²) in [4.78, 5) is 12.6. The molecule has 6 nitrogen and oxygen atoms in total. The molecule has 2 aromatic carbocycles. The van der Waals surface area contributed by atoms with Crippen molar-refractivity contribution >= 4 is 27.5 Å². The van der Waals surface area contributed by atoms with Gasteiger partial charge in [-0.25, -0.2) is 13.1 Å². The van der Waals surface area contributed by atoms with Crippen LogP contribution >= 0.6 is 11.6 Å². The quantitative estimate of drug-likeness (QED) is 0.622. The van der Waals surface area contributed by atoms with Gasteiger partial charge in [-0.1, -0.05) is 30.7 Å². The molecule has 0 heterocycles. The van der Waals surface area contributed by atoms with Crippen molar-refractivity contribution in [2.24, 2.45) is 0 Å². The molecule has 2 aromatic rings. The predicted octanol–water partition coefficient (Wildman–Crippen LogP) is 3.15. The van der Waals surface area contributed by atoms with E-state index in [0.29, 0.717) is 17.0 Å². The Morgan fingerprint density at radius 1 is 1.11 bits per heavy atom. The highest BCUT2D eigenvalue weighted by molar-refractivity contribution is 7.89. The summed E-state index contributed by atoms with van der Waals surface area (Å²) in [7, 11) is -2.13. The Balaban J connectivity index is 2.07. The number of nitrogens with one attached hydrogen (secondary N) is 2. The molecule has 1 amide bonds. The van der Waals surface area contributed by atoms with Crippen LogP contribution in [0.2, 0.25) is 5.02 Å². The fraction of sp³-hybridized carbons (Fsp3) is 0.316. The maximum Gasteiger partial charge on any atom is 0.251 e. The molecule has 0 aromatic heterocycles. The monoisotopic (exact) mass is 410 g/mol. The standard InChI is InChI=1S/C19H23ClN2O4S/c1-3-18(14-4-8-16(20)9-5-14)22-19(23)15-6-10-17(11-7-15)27(24,25)21-12-13-26-2/h4-11,18,21H,3,12-13H2,1-2H3,(H,22,23). The van der Waals surface area contributed by atoms with Crippen LogP contribution in [0, 0.1) is 0 Å². The summed E-state index contributed by atoms with van der Waals surface area (Å²) >= 11 is 5.90. The summed E-state index contributed by atoms with van der Waals surface area (Å²) in [6.07, 6.45) is 0.712. The Kier molecular flexibility index (Phi) is 7.79. The number of sulfonamides is 1. The average molecular weight is 411 g/mol. The molecule has 0 radical (unpaired) electrons. The minimum absolute atomic E-state index is 0.0971. The first kappa shape index (κ1) is 21.4. The molecule has 0 bridgehead atoms. The van der Waals surface area contributed by atoms with Gasteiger partial charge in [0.05, 0.1) is 17.5 Å². The molecule has 0 spiro atoms. The number of amides is 1. The third kappa shape index (κ3) is 6.04. The number of halogens is 1. The molecular formula is C19H23ClN2O4S. The first-order valence-corrected chi connectivity index (χ1v) is 10.4. The molecular weight excluding hydrogens is 388 g/mol. The van der Waals surface area contributed by atoms with Gasteiger partial charge < -0.3 is 10.1 Å². The second-order valence-electron chi connectivity index (χ2n) is 5.90. The SMILES string of the molecule is CCC(NC(=O)c1ccc(S(=O)(=O)NCCOC)cc1)c1ccc(Cl)cc1. The molecule has 8 heteroatoms. The lowest BCUT2D eigenvalue weighted by Gasteiger charge is -2.18. The fourth-order valence-corrected chi connectivity index (χ4v) is 3.64. The van der Waals surface area contributed by atoms with Crippen LogP contribution in [0.3, 0.4) is 0 Å². The van der Waals surface area contributed by atoms with Crippen molar-refractivity contribution in [3.63, 3.8) is 0 Å². The lowest BCUT2D eigenvalue weighted by molar-refractivity contribution is 0.0935. The van der Waals surface area contributed by atoms with Crippen molar-refractivity contribution in [3.8, 4) is 0 Å². The molecule has 0 fully saturated rings. The van der Waals surface area contributed by atoms with Gasteiger partial charge in [-0.15, -0.1) is 0 Å². The first-order valence-electron chi connectivity index (χ1n) is 8.52.